The number of benzene rings is 1. The van der Waals surface area contributed by atoms with Gasteiger partial charge in [0.25, 0.3) is 5.91 Å². The molecule has 4 N–H and O–H groups in total. The lowest BCUT2D eigenvalue weighted by Gasteiger charge is -2.04. The molecular formula is C7H6F2N2O2. The first-order chi connectivity index (χ1) is 6.07. The van der Waals surface area contributed by atoms with Crippen molar-refractivity contribution in [3.05, 3.63) is 29.3 Å². The second-order valence-corrected chi connectivity index (χ2v) is 2.27. The molecule has 1 rings (SSSR count). The van der Waals surface area contributed by atoms with Crippen LogP contribution in [-0.2, 0) is 0 Å². The van der Waals surface area contributed by atoms with Crippen LogP contribution in [0.4, 0.5) is 14.5 Å². The molecule has 6 heteroatoms. The molecule has 0 radical (unpaired) electrons. The lowest BCUT2D eigenvalue weighted by molar-refractivity contribution is 0.0697. The summed E-state index contributed by atoms with van der Waals surface area (Å²) in [6.07, 6.45) is 0. The van der Waals surface area contributed by atoms with Crippen LogP contribution >= 0.6 is 0 Å². The third-order valence-electron chi connectivity index (χ3n) is 1.45. The van der Waals surface area contributed by atoms with E-state index in [1.807, 2.05) is 0 Å². The van der Waals surface area contributed by atoms with Gasteiger partial charge in [0, 0.05) is 0 Å². The van der Waals surface area contributed by atoms with Gasteiger partial charge in [0.15, 0.2) is 5.82 Å². The molecule has 0 unspecified atom stereocenters. The second-order valence-electron chi connectivity index (χ2n) is 2.27. The van der Waals surface area contributed by atoms with Crippen molar-refractivity contribution in [2.45, 2.75) is 0 Å². The topological polar surface area (TPSA) is 75.4 Å². The van der Waals surface area contributed by atoms with Crippen LogP contribution in [0.5, 0.6) is 0 Å². The van der Waals surface area contributed by atoms with Crippen LogP contribution < -0.4 is 11.2 Å². The number of nitrogen functional groups attached to an aromatic ring is 1. The minimum absolute atomic E-state index is 0.361. The lowest BCUT2D eigenvalue weighted by Crippen LogP contribution is -2.22. The Morgan fingerprint density at radius 3 is 2.62 bits per heavy atom. The fourth-order valence-corrected chi connectivity index (χ4v) is 0.833. The maximum Gasteiger partial charge on any atom is 0.280 e. The normalized spacial score (nSPS) is 9.77. The number of halogens is 2. The molecule has 13 heavy (non-hydrogen) atoms. The highest BCUT2D eigenvalue weighted by Crippen LogP contribution is 2.17. The molecule has 0 saturated carbocycles. The van der Waals surface area contributed by atoms with Crippen LogP contribution in [0.3, 0.4) is 0 Å². The van der Waals surface area contributed by atoms with E-state index >= 15 is 0 Å². The fourth-order valence-electron chi connectivity index (χ4n) is 0.833. The van der Waals surface area contributed by atoms with Crippen LogP contribution in [0.15, 0.2) is 12.1 Å². The van der Waals surface area contributed by atoms with Gasteiger partial charge >= 0.3 is 0 Å². The maximum absolute atomic E-state index is 13.0. The number of hydrogen-bond acceptors (Lipinski definition) is 3. The van der Waals surface area contributed by atoms with Crippen molar-refractivity contribution in [2.75, 3.05) is 5.73 Å². The highest BCUT2D eigenvalue weighted by Gasteiger charge is 2.18. The van der Waals surface area contributed by atoms with Gasteiger partial charge < -0.3 is 5.73 Å². The second kappa shape index (κ2) is 3.36. The number of amides is 1. The molecule has 70 valence electrons. The van der Waals surface area contributed by atoms with Gasteiger partial charge in [-0.2, -0.15) is 0 Å². The van der Waals surface area contributed by atoms with Crippen LogP contribution in [0.1, 0.15) is 10.4 Å². The molecule has 0 atom stereocenters. The number of nitrogens with two attached hydrogens (primary N) is 1. The van der Waals surface area contributed by atoms with E-state index in [4.69, 9.17) is 10.9 Å². The van der Waals surface area contributed by atoms with Crippen molar-refractivity contribution in [1.82, 2.24) is 5.48 Å². The van der Waals surface area contributed by atoms with E-state index < -0.39 is 23.1 Å². The first kappa shape index (κ1) is 9.40. The van der Waals surface area contributed by atoms with E-state index in [9.17, 15) is 13.6 Å². The van der Waals surface area contributed by atoms with Gasteiger partial charge in [-0.25, -0.2) is 14.3 Å². The number of carbonyl (C=O) groups is 1. The smallest absolute Gasteiger partial charge is 0.280 e. The maximum atomic E-state index is 13.0. The van der Waals surface area contributed by atoms with Gasteiger partial charge in [-0.3, -0.25) is 10.0 Å². The third-order valence-corrected chi connectivity index (χ3v) is 1.45. The van der Waals surface area contributed by atoms with Gasteiger partial charge in [0.1, 0.15) is 11.4 Å². The number of rotatable bonds is 1. The predicted octanol–water partition coefficient (Wildman–Crippen LogP) is 0.666. The summed E-state index contributed by atoms with van der Waals surface area (Å²) >= 11 is 0. The summed E-state index contributed by atoms with van der Waals surface area (Å²) in [4.78, 5) is 10.7. The molecule has 0 aromatic heterocycles. The van der Waals surface area contributed by atoms with Gasteiger partial charge in [-0.1, -0.05) is 0 Å². The van der Waals surface area contributed by atoms with E-state index in [2.05, 4.69) is 0 Å². The van der Waals surface area contributed by atoms with Crippen molar-refractivity contribution in [3.8, 4) is 0 Å². The van der Waals surface area contributed by atoms with E-state index in [1.54, 1.807) is 0 Å². The lowest BCUT2D eigenvalue weighted by atomic mass is 10.1. The molecule has 0 heterocycles. The molecule has 0 fully saturated rings. The summed E-state index contributed by atoms with van der Waals surface area (Å²) in [7, 11) is 0. The summed E-state index contributed by atoms with van der Waals surface area (Å²) in [6.45, 7) is 0. The van der Waals surface area contributed by atoms with Crippen LogP contribution in [0.2, 0.25) is 0 Å². The molecule has 0 saturated heterocycles. The van der Waals surface area contributed by atoms with Crippen molar-refractivity contribution in [1.29, 1.82) is 0 Å². The molecule has 1 aromatic carbocycles. The third kappa shape index (κ3) is 1.57. The van der Waals surface area contributed by atoms with Crippen molar-refractivity contribution < 1.29 is 18.8 Å². The molecule has 1 aromatic rings. The van der Waals surface area contributed by atoms with E-state index in [0.717, 1.165) is 17.6 Å². The van der Waals surface area contributed by atoms with E-state index in [-0.39, 0.29) is 5.69 Å². The molecule has 0 aliphatic rings. The Hall–Kier alpha value is -1.69. The SMILES string of the molecule is Nc1ccc(F)c(C(=O)NO)c1F. The Morgan fingerprint density at radius 1 is 1.46 bits per heavy atom. The molecule has 0 aliphatic heterocycles. The minimum Gasteiger partial charge on any atom is -0.396 e. The summed E-state index contributed by atoms with van der Waals surface area (Å²) in [5.74, 6) is -3.55. The Labute approximate surface area is 71.9 Å². The van der Waals surface area contributed by atoms with Crippen LogP contribution in [0, 0.1) is 11.6 Å². The van der Waals surface area contributed by atoms with Crippen molar-refractivity contribution in [3.63, 3.8) is 0 Å². The summed E-state index contributed by atoms with van der Waals surface area (Å²) in [5.41, 5.74) is 4.93. The highest BCUT2D eigenvalue weighted by atomic mass is 19.1. The Morgan fingerprint density at radius 2 is 2.08 bits per heavy atom. The number of hydrogen-bond donors (Lipinski definition) is 3. The molecule has 4 nitrogen and oxygen atoms in total. The molecule has 1 amide bonds. The van der Waals surface area contributed by atoms with E-state index in [0.29, 0.717) is 0 Å². The standard InChI is InChI=1S/C7H6F2N2O2/c8-3-1-2-4(10)6(9)5(3)7(12)11-13/h1-2,13H,10H2,(H,11,12). The van der Waals surface area contributed by atoms with Crippen molar-refractivity contribution in [2.24, 2.45) is 0 Å². The fraction of sp³-hybridized carbons (Fsp3) is 0. The summed E-state index contributed by atoms with van der Waals surface area (Å²) in [5, 5.41) is 8.15. The van der Waals surface area contributed by atoms with Crippen LogP contribution in [0.25, 0.3) is 0 Å². The molecule has 0 aliphatic carbocycles. The highest BCUT2D eigenvalue weighted by molar-refractivity contribution is 5.94. The van der Waals surface area contributed by atoms with Gasteiger partial charge in [0.05, 0.1) is 5.69 Å². The van der Waals surface area contributed by atoms with Gasteiger partial charge in [-0.05, 0) is 12.1 Å². The Bertz CT molecular complexity index is 355. The van der Waals surface area contributed by atoms with Crippen molar-refractivity contribution >= 4 is 11.6 Å². The quantitative estimate of drug-likeness (QED) is 0.344. The first-order valence-corrected chi connectivity index (χ1v) is 3.26. The Kier molecular flexibility index (Phi) is 2.43. The average Bonchev–Trinajstić information content (AvgIpc) is 2.12. The zero-order valence-electron chi connectivity index (χ0n) is 6.34. The molecule has 0 bridgehead atoms. The zero-order chi connectivity index (χ0) is 10.0. The number of anilines is 1. The van der Waals surface area contributed by atoms with Crippen LogP contribution in [-0.4, -0.2) is 11.1 Å². The number of carbonyl (C=O) groups excluding carboxylic acids is 1. The minimum atomic E-state index is -1.28. The van der Waals surface area contributed by atoms with Gasteiger partial charge in [0.2, 0.25) is 0 Å². The largest absolute Gasteiger partial charge is 0.396 e. The van der Waals surface area contributed by atoms with Gasteiger partial charge in [-0.15, -0.1) is 0 Å². The van der Waals surface area contributed by atoms with E-state index in [1.165, 1.54) is 0 Å². The number of hydroxylamine groups is 1. The molecular weight excluding hydrogens is 182 g/mol. The zero-order valence-corrected chi connectivity index (χ0v) is 6.34. The first-order valence-electron chi connectivity index (χ1n) is 3.26. The molecule has 0 spiro atoms. The monoisotopic (exact) mass is 188 g/mol. The summed E-state index contributed by atoms with van der Waals surface area (Å²) in [6, 6.07) is 1.82. The average molecular weight is 188 g/mol. The summed E-state index contributed by atoms with van der Waals surface area (Å²) < 4.78 is 25.8. The number of nitrogens with one attached hydrogen (secondary N) is 1. The Balaban J connectivity index is 3.33. The predicted molar refractivity (Wildman–Crippen MR) is 40.0 cm³/mol.